The number of primary amides is 1. The lowest BCUT2D eigenvalue weighted by Crippen LogP contribution is -2.25. The summed E-state index contributed by atoms with van der Waals surface area (Å²) < 4.78 is 0. The second-order valence-corrected chi connectivity index (χ2v) is 2.58. The number of amides is 1. The molecule has 0 saturated carbocycles. The number of rotatable bonds is 3. The molecular formula is C7H15NO. The fourth-order valence-electron chi connectivity index (χ4n) is 0.634. The molecule has 9 heavy (non-hydrogen) atoms. The first kappa shape index (κ1) is 8.47. The van der Waals surface area contributed by atoms with E-state index in [2.05, 4.69) is 6.92 Å². The summed E-state index contributed by atoms with van der Waals surface area (Å²) in [6, 6.07) is 0. The Morgan fingerprint density at radius 1 is 1.56 bits per heavy atom. The van der Waals surface area contributed by atoms with Crippen LogP contribution in [0.1, 0.15) is 27.2 Å². The van der Waals surface area contributed by atoms with E-state index in [0.29, 0.717) is 5.92 Å². The third kappa shape index (κ3) is 2.49. The smallest absolute Gasteiger partial charge is 0.220 e. The van der Waals surface area contributed by atoms with Crippen LogP contribution in [0, 0.1) is 11.8 Å². The molecule has 2 nitrogen and oxygen atoms in total. The number of hydrogen-bond acceptors (Lipinski definition) is 1. The second kappa shape index (κ2) is 3.49. The highest BCUT2D eigenvalue weighted by atomic mass is 16.1. The van der Waals surface area contributed by atoms with Gasteiger partial charge in [0.25, 0.3) is 0 Å². The van der Waals surface area contributed by atoms with E-state index in [-0.39, 0.29) is 11.8 Å². The number of nitrogens with two attached hydrogens (primary N) is 1. The van der Waals surface area contributed by atoms with Crippen LogP contribution in [0.15, 0.2) is 0 Å². The molecule has 2 heteroatoms. The van der Waals surface area contributed by atoms with Crippen LogP contribution in [0.4, 0.5) is 0 Å². The van der Waals surface area contributed by atoms with Gasteiger partial charge in [-0.05, 0) is 5.92 Å². The zero-order valence-electron chi connectivity index (χ0n) is 6.35. The zero-order valence-corrected chi connectivity index (χ0v) is 6.35. The van der Waals surface area contributed by atoms with Crippen LogP contribution in [0.2, 0.25) is 0 Å². The van der Waals surface area contributed by atoms with Crippen LogP contribution >= 0.6 is 0 Å². The summed E-state index contributed by atoms with van der Waals surface area (Å²) in [4.78, 5) is 10.5. The van der Waals surface area contributed by atoms with Gasteiger partial charge in [-0.2, -0.15) is 0 Å². The van der Waals surface area contributed by atoms with Crippen molar-refractivity contribution in [1.82, 2.24) is 0 Å². The quantitative estimate of drug-likeness (QED) is 0.610. The van der Waals surface area contributed by atoms with Crippen molar-refractivity contribution in [2.75, 3.05) is 0 Å². The van der Waals surface area contributed by atoms with Crippen molar-refractivity contribution in [1.29, 1.82) is 0 Å². The molecule has 0 aromatic heterocycles. The van der Waals surface area contributed by atoms with Crippen LogP contribution < -0.4 is 5.73 Å². The van der Waals surface area contributed by atoms with Gasteiger partial charge in [-0.3, -0.25) is 4.79 Å². The van der Waals surface area contributed by atoms with E-state index in [1.54, 1.807) is 0 Å². The Kier molecular flexibility index (Phi) is 3.28. The van der Waals surface area contributed by atoms with Gasteiger partial charge < -0.3 is 5.73 Å². The molecule has 0 spiro atoms. The Balaban J connectivity index is 3.72. The Labute approximate surface area is 56.4 Å². The van der Waals surface area contributed by atoms with Crippen LogP contribution in [-0.4, -0.2) is 5.91 Å². The van der Waals surface area contributed by atoms with E-state index in [9.17, 15) is 4.79 Å². The molecule has 0 fully saturated rings. The van der Waals surface area contributed by atoms with Crippen molar-refractivity contribution in [3.05, 3.63) is 0 Å². The first-order chi connectivity index (χ1) is 4.09. The molecule has 0 bridgehead atoms. The highest BCUT2D eigenvalue weighted by Gasteiger charge is 2.14. The van der Waals surface area contributed by atoms with Gasteiger partial charge in [0.2, 0.25) is 5.91 Å². The SMILES string of the molecule is CCC(C)C(C)C(N)=O. The van der Waals surface area contributed by atoms with E-state index in [4.69, 9.17) is 5.73 Å². The normalized spacial score (nSPS) is 16.8. The lowest BCUT2D eigenvalue weighted by Gasteiger charge is -2.13. The maximum atomic E-state index is 10.5. The molecule has 0 saturated heterocycles. The number of carbonyl (C=O) groups excluding carboxylic acids is 1. The third-order valence-corrected chi connectivity index (χ3v) is 1.95. The first-order valence-corrected chi connectivity index (χ1v) is 3.38. The van der Waals surface area contributed by atoms with Crippen molar-refractivity contribution < 1.29 is 4.79 Å². The minimum atomic E-state index is -0.190. The Bertz CT molecular complexity index is 101. The van der Waals surface area contributed by atoms with Crippen molar-refractivity contribution in [2.24, 2.45) is 17.6 Å². The molecule has 0 rings (SSSR count). The molecule has 1 amide bonds. The van der Waals surface area contributed by atoms with Crippen molar-refractivity contribution >= 4 is 5.91 Å². The van der Waals surface area contributed by atoms with Crippen LogP contribution in [0.3, 0.4) is 0 Å². The lowest BCUT2D eigenvalue weighted by molar-refractivity contribution is -0.122. The minimum Gasteiger partial charge on any atom is -0.369 e. The molecule has 2 N–H and O–H groups in total. The van der Waals surface area contributed by atoms with E-state index in [1.807, 2.05) is 13.8 Å². The van der Waals surface area contributed by atoms with Gasteiger partial charge in [-0.25, -0.2) is 0 Å². The van der Waals surface area contributed by atoms with Gasteiger partial charge in [-0.15, -0.1) is 0 Å². The van der Waals surface area contributed by atoms with E-state index in [0.717, 1.165) is 6.42 Å². The molecular weight excluding hydrogens is 114 g/mol. The molecule has 2 atom stereocenters. The van der Waals surface area contributed by atoms with Gasteiger partial charge in [-0.1, -0.05) is 27.2 Å². The summed E-state index contributed by atoms with van der Waals surface area (Å²) in [7, 11) is 0. The topological polar surface area (TPSA) is 43.1 Å². The van der Waals surface area contributed by atoms with Gasteiger partial charge >= 0.3 is 0 Å². The minimum absolute atomic E-state index is 0.0231. The molecule has 0 aliphatic heterocycles. The fourth-order valence-corrected chi connectivity index (χ4v) is 0.634. The zero-order chi connectivity index (χ0) is 7.44. The monoisotopic (exact) mass is 129 g/mol. The molecule has 0 aromatic carbocycles. The predicted molar refractivity (Wildman–Crippen MR) is 37.8 cm³/mol. The van der Waals surface area contributed by atoms with Gasteiger partial charge in [0.1, 0.15) is 0 Å². The predicted octanol–water partition coefficient (Wildman–Crippen LogP) is 1.15. The van der Waals surface area contributed by atoms with Crippen molar-refractivity contribution in [3.8, 4) is 0 Å². The lowest BCUT2D eigenvalue weighted by atomic mass is 9.93. The maximum Gasteiger partial charge on any atom is 0.220 e. The molecule has 0 aromatic rings. The van der Waals surface area contributed by atoms with E-state index < -0.39 is 0 Å². The highest BCUT2D eigenvalue weighted by Crippen LogP contribution is 2.12. The molecule has 0 radical (unpaired) electrons. The Morgan fingerprint density at radius 2 is 2.00 bits per heavy atom. The van der Waals surface area contributed by atoms with Gasteiger partial charge in [0.05, 0.1) is 0 Å². The summed E-state index contributed by atoms with van der Waals surface area (Å²) in [6.07, 6.45) is 1.02. The average Bonchev–Trinajstić information content (AvgIpc) is 1.84. The summed E-state index contributed by atoms with van der Waals surface area (Å²) in [6.45, 7) is 5.97. The molecule has 0 aliphatic rings. The Hall–Kier alpha value is -0.530. The summed E-state index contributed by atoms with van der Waals surface area (Å²) >= 11 is 0. The Morgan fingerprint density at radius 3 is 2.11 bits per heavy atom. The summed E-state index contributed by atoms with van der Waals surface area (Å²) in [5.74, 6) is 0.252. The molecule has 2 unspecified atom stereocenters. The van der Waals surface area contributed by atoms with Crippen molar-refractivity contribution in [3.63, 3.8) is 0 Å². The van der Waals surface area contributed by atoms with E-state index >= 15 is 0 Å². The largest absolute Gasteiger partial charge is 0.369 e. The number of carbonyl (C=O) groups is 1. The first-order valence-electron chi connectivity index (χ1n) is 3.38. The van der Waals surface area contributed by atoms with Gasteiger partial charge in [0, 0.05) is 5.92 Å². The number of hydrogen-bond donors (Lipinski definition) is 1. The second-order valence-electron chi connectivity index (χ2n) is 2.58. The van der Waals surface area contributed by atoms with E-state index in [1.165, 1.54) is 0 Å². The average molecular weight is 129 g/mol. The standard InChI is InChI=1S/C7H15NO/c1-4-5(2)6(3)7(8)9/h5-6H,4H2,1-3H3,(H2,8,9). The highest BCUT2D eigenvalue weighted by molar-refractivity contribution is 5.76. The molecule has 54 valence electrons. The maximum absolute atomic E-state index is 10.5. The molecule has 0 heterocycles. The fraction of sp³-hybridized carbons (Fsp3) is 0.857. The van der Waals surface area contributed by atoms with Crippen molar-refractivity contribution in [2.45, 2.75) is 27.2 Å². The van der Waals surface area contributed by atoms with Crippen LogP contribution in [0.5, 0.6) is 0 Å². The summed E-state index contributed by atoms with van der Waals surface area (Å²) in [5.41, 5.74) is 5.07. The van der Waals surface area contributed by atoms with Gasteiger partial charge in [0.15, 0.2) is 0 Å². The molecule has 0 aliphatic carbocycles. The van der Waals surface area contributed by atoms with Crippen LogP contribution in [0.25, 0.3) is 0 Å². The van der Waals surface area contributed by atoms with Crippen LogP contribution in [-0.2, 0) is 4.79 Å². The summed E-state index contributed by atoms with van der Waals surface area (Å²) in [5, 5.41) is 0. The third-order valence-electron chi connectivity index (χ3n) is 1.95.